The summed E-state index contributed by atoms with van der Waals surface area (Å²) in [6.45, 7) is 2.13. The van der Waals surface area contributed by atoms with Crippen LogP contribution in [-0.4, -0.2) is 18.4 Å². The Morgan fingerprint density at radius 1 is 1.41 bits per heavy atom. The van der Waals surface area contributed by atoms with Gasteiger partial charge >= 0.3 is 5.97 Å². The molecule has 0 spiro atoms. The van der Waals surface area contributed by atoms with Crippen molar-refractivity contribution in [2.75, 3.05) is 6.61 Å². The lowest BCUT2D eigenvalue weighted by molar-refractivity contribution is -0.118. The summed E-state index contributed by atoms with van der Waals surface area (Å²) in [5.74, 6) is -0.208. The maximum atomic E-state index is 11.8. The number of benzene rings is 1. The summed E-state index contributed by atoms with van der Waals surface area (Å²) in [4.78, 5) is 23.6. The van der Waals surface area contributed by atoms with Crippen molar-refractivity contribution >= 4 is 11.8 Å². The lowest BCUT2D eigenvalue weighted by Gasteiger charge is -2.13. The number of rotatable bonds is 3. The second kappa shape index (κ2) is 5.13. The highest BCUT2D eigenvalue weighted by Gasteiger charge is 2.29. The van der Waals surface area contributed by atoms with E-state index < -0.39 is 0 Å². The highest BCUT2D eigenvalue weighted by Crippen LogP contribution is 2.33. The minimum absolute atomic E-state index is 0.115. The molecule has 3 nitrogen and oxygen atoms in total. The van der Waals surface area contributed by atoms with E-state index in [0.717, 1.165) is 18.4 Å². The van der Waals surface area contributed by atoms with E-state index in [-0.39, 0.29) is 17.7 Å². The third-order valence-corrected chi connectivity index (χ3v) is 3.14. The summed E-state index contributed by atoms with van der Waals surface area (Å²) in [5.41, 5.74) is 1.36. The Balaban J connectivity index is 2.33. The molecule has 0 N–H and O–H groups in total. The minimum atomic E-state index is -0.331. The van der Waals surface area contributed by atoms with E-state index >= 15 is 0 Å². The van der Waals surface area contributed by atoms with Gasteiger partial charge in [-0.2, -0.15) is 0 Å². The molecule has 0 amide bonds. The fourth-order valence-electron chi connectivity index (χ4n) is 2.34. The van der Waals surface area contributed by atoms with Crippen LogP contribution in [0, 0.1) is 0 Å². The van der Waals surface area contributed by atoms with Crippen LogP contribution in [0.2, 0.25) is 0 Å². The van der Waals surface area contributed by atoms with Crippen LogP contribution in [0.15, 0.2) is 24.3 Å². The van der Waals surface area contributed by atoms with Crippen LogP contribution in [0.3, 0.4) is 0 Å². The van der Waals surface area contributed by atoms with Crippen LogP contribution in [0.4, 0.5) is 0 Å². The molecule has 0 bridgehead atoms. The number of ketones is 1. The highest BCUT2D eigenvalue weighted by molar-refractivity contribution is 5.95. The monoisotopic (exact) mass is 232 g/mol. The van der Waals surface area contributed by atoms with Crippen LogP contribution in [0.5, 0.6) is 0 Å². The largest absolute Gasteiger partial charge is 0.462 e. The smallest absolute Gasteiger partial charge is 0.338 e. The quantitative estimate of drug-likeness (QED) is 0.752. The van der Waals surface area contributed by atoms with Crippen LogP contribution in [0.1, 0.15) is 48.0 Å². The van der Waals surface area contributed by atoms with Crippen molar-refractivity contribution in [2.24, 2.45) is 0 Å². The summed E-state index contributed by atoms with van der Waals surface area (Å²) in [6, 6.07) is 7.26. The zero-order valence-electron chi connectivity index (χ0n) is 9.94. The van der Waals surface area contributed by atoms with Crippen molar-refractivity contribution < 1.29 is 14.3 Å². The number of carbonyl (C=O) groups is 2. The molecule has 0 saturated heterocycles. The molecule has 1 aromatic rings. The van der Waals surface area contributed by atoms with E-state index in [9.17, 15) is 9.59 Å². The van der Waals surface area contributed by atoms with Crippen molar-refractivity contribution in [3.63, 3.8) is 0 Å². The van der Waals surface area contributed by atoms with Crippen LogP contribution in [0.25, 0.3) is 0 Å². The van der Waals surface area contributed by atoms with E-state index in [1.807, 2.05) is 12.1 Å². The molecule has 3 heteroatoms. The van der Waals surface area contributed by atoms with E-state index in [1.54, 1.807) is 19.1 Å². The number of carbonyl (C=O) groups excluding carboxylic acids is 2. The summed E-state index contributed by atoms with van der Waals surface area (Å²) in [7, 11) is 0. The Morgan fingerprint density at radius 2 is 2.18 bits per heavy atom. The number of Topliss-reactive ketones (excluding diaryl/α,β-unsaturated/α-hetero) is 1. The Labute approximate surface area is 101 Å². The maximum absolute atomic E-state index is 11.8. The number of esters is 1. The summed E-state index contributed by atoms with van der Waals surface area (Å²) in [5, 5.41) is 0. The molecule has 1 aliphatic carbocycles. The molecule has 1 atom stereocenters. The second-order valence-electron chi connectivity index (χ2n) is 4.22. The zero-order valence-corrected chi connectivity index (χ0v) is 9.94. The molecule has 1 fully saturated rings. The first-order chi connectivity index (χ1) is 8.24. The Hall–Kier alpha value is -1.64. The first-order valence-corrected chi connectivity index (χ1v) is 6.02. The van der Waals surface area contributed by atoms with Gasteiger partial charge in [0.2, 0.25) is 0 Å². The fourth-order valence-corrected chi connectivity index (χ4v) is 2.34. The number of hydrogen-bond acceptors (Lipinski definition) is 3. The lowest BCUT2D eigenvalue weighted by Crippen LogP contribution is -2.13. The van der Waals surface area contributed by atoms with Crippen molar-refractivity contribution in [2.45, 2.75) is 32.1 Å². The molecular weight excluding hydrogens is 216 g/mol. The van der Waals surface area contributed by atoms with Gasteiger partial charge in [0.25, 0.3) is 0 Å². The standard InChI is InChI=1S/C14H16O3/c1-2-17-14(16)12-7-4-3-6-10(12)11-8-5-9-13(11)15/h3-4,6-7,11H,2,5,8-9H2,1H3. The third kappa shape index (κ3) is 2.38. The first-order valence-electron chi connectivity index (χ1n) is 6.02. The van der Waals surface area contributed by atoms with E-state index in [2.05, 4.69) is 0 Å². The average Bonchev–Trinajstić information content (AvgIpc) is 2.76. The molecule has 1 saturated carbocycles. The van der Waals surface area contributed by atoms with Crippen molar-refractivity contribution in [3.8, 4) is 0 Å². The number of ether oxygens (including phenoxy) is 1. The fraction of sp³-hybridized carbons (Fsp3) is 0.429. The van der Waals surface area contributed by atoms with E-state index in [4.69, 9.17) is 4.74 Å². The molecule has 17 heavy (non-hydrogen) atoms. The van der Waals surface area contributed by atoms with Gasteiger partial charge in [-0.15, -0.1) is 0 Å². The molecule has 0 aliphatic heterocycles. The van der Waals surface area contributed by atoms with Gasteiger partial charge in [-0.05, 0) is 31.4 Å². The summed E-state index contributed by atoms with van der Waals surface area (Å²) >= 11 is 0. The van der Waals surface area contributed by atoms with Crippen LogP contribution < -0.4 is 0 Å². The van der Waals surface area contributed by atoms with Gasteiger partial charge in [-0.25, -0.2) is 4.79 Å². The van der Waals surface area contributed by atoms with Gasteiger partial charge in [-0.3, -0.25) is 4.79 Å². The first kappa shape index (κ1) is 11.8. The molecule has 1 unspecified atom stereocenters. The molecule has 1 aliphatic rings. The third-order valence-electron chi connectivity index (χ3n) is 3.14. The SMILES string of the molecule is CCOC(=O)c1ccccc1C1CCCC1=O. The molecule has 0 radical (unpaired) electrons. The summed E-state index contributed by atoms with van der Waals surface area (Å²) < 4.78 is 5.01. The number of hydrogen-bond donors (Lipinski definition) is 0. The average molecular weight is 232 g/mol. The molecule has 0 aromatic heterocycles. The van der Waals surface area contributed by atoms with Gasteiger partial charge in [-0.1, -0.05) is 18.2 Å². The molecule has 90 valence electrons. The molecule has 1 aromatic carbocycles. The second-order valence-corrected chi connectivity index (χ2v) is 4.22. The minimum Gasteiger partial charge on any atom is -0.462 e. The normalized spacial score (nSPS) is 19.4. The lowest BCUT2D eigenvalue weighted by atomic mass is 9.92. The van der Waals surface area contributed by atoms with E-state index in [0.29, 0.717) is 18.6 Å². The van der Waals surface area contributed by atoms with Crippen LogP contribution >= 0.6 is 0 Å². The maximum Gasteiger partial charge on any atom is 0.338 e. The summed E-state index contributed by atoms with van der Waals surface area (Å²) in [6.07, 6.45) is 2.39. The molecule has 2 rings (SSSR count). The van der Waals surface area contributed by atoms with Gasteiger partial charge in [0.15, 0.2) is 0 Å². The Bertz CT molecular complexity index is 437. The molecule has 0 heterocycles. The zero-order chi connectivity index (χ0) is 12.3. The van der Waals surface area contributed by atoms with E-state index in [1.165, 1.54) is 0 Å². The van der Waals surface area contributed by atoms with Gasteiger partial charge < -0.3 is 4.74 Å². The highest BCUT2D eigenvalue weighted by atomic mass is 16.5. The topological polar surface area (TPSA) is 43.4 Å². The predicted molar refractivity (Wildman–Crippen MR) is 64.0 cm³/mol. The van der Waals surface area contributed by atoms with Crippen LogP contribution in [-0.2, 0) is 9.53 Å². The Kier molecular flexibility index (Phi) is 3.57. The van der Waals surface area contributed by atoms with Crippen molar-refractivity contribution in [3.05, 3.63) is 35.4 Å². The van der Waals surface area contributed by atoms with Crippen molar-refractivity contribution in [1.82, 2.24) is 0 Å². The van der Waals surface area contributed by atoms with Gasteiger partial charge in [0, 0.05) is 12.3 Å². The van der Waals surface area contributed by atoms with Gasteiger partial charge in [0.1, 0.15) is 5.78 Å². The van der Waals surface area contributed by atoms with Crippen molar-refractivity contribution in [1.29, 1.82) is 0 Å². The van der Waals surface area contributed by atoms with Gasteiger partial charge in [0.05, 0.1) is 12.2 Å². The molecular formula is C14H16O3. The predicted octanol–water partition coefficient (Wildman–Crippen LogP) is 2.70. The Morgan fingerprint density at radius 3 is 2.82 bits per heavy atom.